The van der Waals surface area contributed by atoms with Gasteiger partial charge in [-0.25, -0.2) is 0 Å². The molecule has 21 heavy (non-hydrogen) atoms. The van der Waals surface area contributed by atoms with Gasteiger partial charge in [-0.05, 0) is 29.7 Å². The maximum Gasteiger partial charge on any atom is 0.234 e. The van der Waals surface area contributed by atoms with Crippen molar-refractivity contribution in [1.82, 2.24) is 5.32 Å². The third kappa shape index (κ3) is 2.39. The van der Waals surface area contributed by atoms with E-state index in [9.17, 15) is 9.59 Å². The first-order valence-electron chi connectivity index (χ1n) is 8.06. The molecule has 3 unspecified atom stereocenters. The Labute approximate surface area is 126 Å². The predicted octanol–water partition coefficient (Wildman–Crippen LogP) is 3.40. The number of rotatable bonds is 2. The zero-order chi connectivity index (χ0) is 14.9. The van der Waals surface area contributed by atoms with Crippen LogP contribution in [0.15, 0.2) is 30.3 Å². The van der Waals surface area contributed by atoms with Crippen LogP contribution in [0.3, 0.4) is 0 Å². The molecule has 3 atom stereocenters. The van der Waals surface area contributed by atoms with Gasteiger partial charge in [0.05, 0.1) is 5.92 Å². The second kappa shape index (κ2) is 5.63. The second-order valence-electron chi connectivity index (χ2n) is 6.52. The molecular formula is C18H23NO2. The van der Waals surface area contributed by atoms with Gasteiger partial charge in [-0.1, -0.05) is 56.5 Å². The number of imide groups is 1. The second-order valence-corrected chi connectivity index (χ2v) is 6.52. The Morgan fingerprint density at radius 2 is 1.95 bits per heavy atom. The molecule has 1 aliphatic heterocycles. The van der Waals surface area contributed by atoms with Crippen molar-refractivity contribution in [1.29, 1.82) is 0 Å². The summed E-state index contributed by atoms with van der Waals surface area (Å²) in [5.74, 6) is 0.0958. The molecule has 3 heteroatoms. The number of carbonyl (C=O) groups is 2. The van der Waals surface area contributed by atoms with Crippen LogP contribution in [0, 0.1) is 11.3 Å². The van der Waals surface area contributed by atoms with E-state index in [4.69, 9.17) is 0 Å². The number of hydrogen-bond acceptors (Lipinski definition) is 2. The molecule has 2 aliphatic rings. The number of nitrogens with one attached hydrogen (secondary N) is 1. The lowest BCUT2D eigenvalue weighted by atomic mass is 9.54. The minimum atomic E-state index is -0.179. The molecule has 3 nitrogen and oxygen atoms in total. The number of amides is 2. The summed E-state index contributed by atoms with van der Waals surface area (Å²) >= 11 is 0. The minimum absolute atomic E-state index is 0.0902. The van der Waals surface area contributed by atoms with E-state index in [1.165, 1.54) is 6.42 Å². The Morgan fingerprint density at radius 3 is 2.67 bits per heavy atom. The van der Waals surface area contributed by atoms with E-state index in [-0.39, 0.29) is 23.1 Å². The van der Waals surface area contributed by atoms with Crippen LogP contribution in [0.5, 0.6) is 0 Å². The highest BCUT2D eigenvalue weighted by atomic mass is 16.2. The minimum Gasteiger partial charge on any atom is -0.296 e. The quantitative estimate of drug-likeness (QED) is 0.846. The summed E-state index contributed by atoms with van der Waals surface area (Å²) in [5, 5.41) is 2.57. The van der Waals surface area contributed by atoms with Crippen molar-refractivity contribution in [2.24, 2.45) is 11.3 Å². The fourth-order valence-corrected chi connectivity index (χ4v) is 4.60. The van der Waals surface area contributed by atoms with Gasteiger partial charge in [-0.2, -0.15) is 0 Å². The number of hydrogen-bond donors (Lipinski definition) is 1. The van der Waals surface area contributed by atoms with Gasteiger partial charge in [-0.3, -0.25) is 14.9 Å². The molecule has 1 aromatic carbocycles. The molecule has 0 radical (unpaired) electrons. The highest BCUT2D eigenvalue weighted by molar-refractivity contribution is 6.02. The smallest absolute Gasteiger partial charge is 0.234 e. The molecule has 2 fully saturated rings. The first kappa shape index (κ1) is 14.3. The van der Waals surface area contributed by atoms with Crippen LogP contribution in [-0.2, 0) is 9.59 Å². The van der Waals surface area contributed by atoms with E-state index in [1.807, 2.05) is 30.3 Å². The van der Waals surface area contributed by atoms with E-state index in [0.29, 0.717) is 12.3 Å². The summed E-state index contributed by atoms with van der Waals surface area (Å²) in [4.78, 5) is 24.7. The van der Waals surface area contributed by atoms with Gasteiger partial charge in [0.1, 0.15) is 0 Å². The highest BCUT2D eigenvalue weighted by Gasteiger charge is 2.53. The number of benzene rings is 1. The van der Waals surface area contributed by atoms with Crippen LogP contribution in [0.25, 0.3) is 0 Å². The standard InChI is InChI=1S/C18H23NO2/c1-2-14-10-6-7-11-18(14)12-15(20)19-17(21)16(18)13-8-4-3-5-9-13/h3-5,8-9,14,16H,2,6-7,10-12H2,1H3,(H,19,20,21). The summed E-state index contributed by atoms with van der Waals surface area (Å²) in [7, 11) is 0. The van der Waals surface area contributed by atoms with Crippen LogP contribution in [0.2, 0.25) is 0 Å². The fourth-order valence-electron chi connectivity index (χ4n) is 4.60. The molecule has 1 saturated carbocycles. The van der Waals surface area contributed by atoms with Crippen LogP contribution in [0.1, 0.15) is 56.9 Å². The Bertz CT molecular complexity index is 539. The van der Waals surface area contributed by atoms with Crippen LogP contribution in [-0.4, -0.2) is 11.8 Å². The molecule has 112 valence electrons. The lowest BCUT2D eigenvalue weighted by Gasteiger charge is -2.50. The van der Waals surface area contributed by atoms with Crippen molar-refractivity contribution in [2.45, 2.75) is 51.4 Å². The molecule has 1 aliphatic carbocycles. The molecule has 1 heterocycles. The Kier molecular flexibility index (Phi) is 3.83. The molecule has 1 spiro atoms. The van der Waals surface area contributed by atoms with Crippen LogP contribution in [0.4, 0.5) is 0 Å². The van der Waals surface area contributed by atoms with Crippen molar-refractivity contribution in [3.63, 3.8) is 0 Å². The van der Waals surface area contributed by atoms with E-state index < -0.39 is 0 Å². The predicted molar refractivity (Wildman–Crippen MR) is 81.6 cm³/mol. The molecule has 2 amide bonds. The summed E-state index contributed by atoms with van der Waals surface area (Å²) in [6, 6.07) is 10.00. The molecule has 3 rings (SSSR count). The average molecular weight is 285 g/mol. The first-order chi connectivity index (χ1) is 10.2. The number of carbonyl (C=O) groups excluding carboxylic acids is 2. The molecule has 1 N–H and O–H groups in total. The van der Waals surface area contributed by atoms with Crippen molar-refractivity contribution >= 4 is 11.8 Å². The van der Waals surface area contributed by atoms with Gasteiger partial charge < -0.3 is 0 Å². The number of piperidine rings is 1. The van der Waals surface area contributed by atoms with Crippen molar-refractivity contribution < 1.29 is 9.59 Å². The third-order valence-electron chi connectivity index (χ3n) is 5.47. The van der Waals surface area contributed by atoms with Gasteiger partial charge in [0, 0.05) is 6.42 Å². The normalized spacial score (nSPS) is 33.0. The summed E-state index contributed by atoms with van der Waals surface area (Å²) in [6.45, 7) is 2.19. The van der Waals surface area contributed by atoms with Crippen LogP contribution < -0.4 is 5.32 Å². The Hall–Kier alpha value is -1.64. The van der Waals surface area contributed by atoms with E-state index in [1.54, 1.807) is 0 Å². The zero-order valence-electron chi connectivity index (χ0n) is 12.6. The van der Waals surface area contributed by atoms with Gasteiger partial charge in [0.25, 0.3) is 0 Å². The Morgan fingerprint density at radius 1 is 1.19 bits per heavy atom. The van der Waals surface area contributed by atoms with E-state index >= 15 is 0 Å². The molecule has 1 aromatic rings. The monoisotopic (exact) mass is 285 g/mol. The zero-order valence-corrected chi connectivity index (χ0v) is 12.6. The maximum atomic E-state index is 12.6. The maximum absolute atomic E-state index is 12.6. The van der Waals surface area contributed by atoms with Crippen molar-refractivity contribution in [3.8, 4) is 0 Å². The fraction of sp³-hybridized carbons (Fsp3) is 0.556. The summed E-state index contributed by atoms with van der Waals surface area (Å²) in [6.07, 6.45) is 6.02. The van der Waals surface area contributed by atoms with Gasteiger partial charge in [0.15, 0.2) is 0 Å². The highest BCUT2D eigenvalue weighted by Crippen LogP contribution is 2.55. The lowest BCUT2D eigenvalue weighted by Crippen LogP contribution is -2.54. The molecule has 1 saturated heterocycles. The molecule has 0 bridgehead atoms. The topological polar surface area (TPSA) is 46.2 Å². The molecular weight excluding hydrogens is 262 g/mol. The SMILES string of the molecule is CCC1CCCCC12CC(=O)NC(=O)C2c1ccccc1. The summed E-state index contributed by atoms with van der Waals surface area (Å²) < 4.78 is 0. The molecule has 0 aromatic heterocycles. The van der Waals surface area contributed by atoms with Crippen molar-refractivity contribution in [2.75, 3.05) is 0 Å². The largest absolute Gasteiger partial charge is 0.296 e. The lowest BCUT2D eigenvalue weighted by molar-refractivity contribution is -0.144. The van der Waals surface area contributed by atoms with E-state index in [0.717, 1.165) is 31.2 Å². The Balaban J connectivity index is 2.08. The first-order valence-corrected chi connectivity index (χ1v) is 8.06. The third-order valence-corrected chi connectivity index (χ3v) is 5.47. The van der Waals surface area contributed by atoms with Gasteiger partial charge in [0.2, 0.25) is 11.8 Å². The summed E-state index contributed by atoms with van der Waals surface area (Å²) in [5.41, 5.74) is 0.885. The van der Waals surface area contributed by atoms with Crippen LogP contribution >= 0.6 is 0 Å². The van der Waals surface area contributed by atoms with Crippen molar-refractivity contribution in [3.05, 3.63) is 35.9 Å². The van der Waals surface area contributed by atoms with Gasteiger partial charge in [-0.15, -0.1) is 0 Å². The average Bonchev–Trinajstić information content (AvgIpc) is 2.48. The van der Waals surface area contributed by atoms with E-state index in [2.05, 4.69) is 12.2 Å². The van der Waals surface area contributed by atoms with Gasteiger partial charge >= 0.3 is 0 Å².